The number of nitro benzene ring substituents is 1. The van der Waals surface area contributed by atoms with Crippen LogP contribution in [0.4, 0.5) is 5.69 Å². The first-order chi connectivity index (χ1) is 13.5. The Morgan fingerprint density at radius 3 is 2.82 bits per heavy atom. The fourth-order valence-electron chi connectivity index (χ4n) is 3.02. The van der Waals surface area contributed by atoms with Gasteiger partial charge in [-0.2, -0.15) is 0 Å². The third kappa shape index (κ3) is 4.06. The van der Waals surface area contributed by atoms with Gasteiger partial charge in [0.2, 0.25) is 0 Å². The molecule has 0 N–H and O–H groups in total. The van der Waals surface area contributed by atoms with E-state index >= 15 is 0 Å². The molecule has 0 aliphatic heterocycles. The van der Waals surface area contributed by atoms with Crippen molar-refractivity contribution in [2.24, 2.45) is 0 Å². The summed E-state index contributed by atoms with van der Waals surface area (Å²) in [6, 6.07) is 9.17. The first-order valence-corrected chi connectivity index (χ1v) is 8.90. The lowest BCUT2D eigenvalue weighted by Crippen LogP contribution is -2.06. The van der Waals surface area contributed by atoms with Crippen molar-refractivity contribution in [2.75, 3.05) is 6.61 Å². The van der Waals surface area contributed by atoms with Crippen molar-refractivity contribution in [3.63, 3.8) is 0 Å². The zero-order valence-electron chi connectivity index (χ0n) is 15.3. The van der Waals surface area contributed by atoms with Gasteiger partial charge in [-0.3, -0.25) is 19.7 Å². The Balaban J connectivity index is 1.89. The van der Waals surface area contributed by atoms with Crippen LogP contribution in [0.25, 0.3) is 11.0 Å². The van der Waals surface area contributed by atoms with Crippen molar-refractivity contribution >= 4 is 28.5 Å². The minimum absolute atomic E-state index is 0.137. The molecule has 0 aliphatic rings. The van der Waals surface area contributed by atoms with Gasteiger partial charge in [-0.05, 0) is 25.5 Å². The second kappa shape index (κ2) is 8.43. The summed E-state index contributed by atoms with van der Waals surface area (Å²) in [4.78, 5) is 39.3. The largest absolute Gasteiger partial charge is 0.466 e. The maximum atomic E-state index is 13.0. The van der Waals surface area contributed by atoms with E-state index in [0.717, 1.165) is 0 Å². The first kappa shape index (κ1) is 19.2. The molecular weight excluding hydrogens is 362 g/mol. The number of ketones is 1. The number of fused-ring (bicyclic) bond motifs is 1. The highest BCUT2D eigenvalue weighted by atomic mass is 16.6. The van der Waals surface area contributed by atoms with Crippen molar-refractivity contribution < 1.29 is 19.2 Å². The van der Waals surface area contributed by atoms with E-state index in [0.29, 0.717) is 36.2 Å². The number of hydrogen-bond acceptors (Lipinski definition) is 6. The Hall–Kier alpha value is -3.55. The molecule has 0 spiro atoms. The Morgan fingerprint density at radius 2 is 2.07 bits per heavy atom. The zero-order chi connectivity index (χ0) is 20.1. The third-order valence-corrected chi connectivity index (χ3v) is 4.28. The van der Waals surface area contributed by atoms with Crippen LogP contribution >= 0.6 is 0 Å². The molecule has 0 saturated carbocycles. The maximum Gasteiger partial charge on any atom is 0.305 e. The molecule has 0 atom stereocenters. The SMILES string of the molecule is CCOC(=O)CCCn1cc(C(=O)c2cccc([N+](=O)[O-])c2)c2cccnc21. The molecule has 0 radical (unpaired) electrons. The fraction of sp³-hybridized carbons (Fsp3) is 0.250. The molecule has 3 rings (SSSR count). The standard InChI is InChI=1S/C20H19N3O5/c1-2-28-18(24)9-5-11-22-13-17(16-8-4-10-21-20(16)22)19(25)14-6-3-7-15(12-14)23(26)27/h3-4,6-8,10,12-13H,2,5,9,11H2,1H3. The van der Waals surface area contributed by atoms with Gasteiger partial charge in [0.05, 0.1) is 11.5 Å². The number of hydrogen-bond donors (Lipinski definition) is 0. The number of non-ortho nitro benzene ring substituents is 1. The van der Waals surface area contributed by atoms with Gasteiger partial charge in [0.25, 0.3) is 5.69 Å². The van der Waals surface area contributed by atoms with Crippen LogP contribution in [0.5, 0.6) is 0 Å². The smallest absolute Gasteiger partial charge is 0.305 e. The average molecular weight is 381 g/mol. The molecule has 0 amide bonds. The predicted molar refractivity (Wildman–Crippen MR) is 102 cm³/mol. The van der Waals surface area contributed by atoms with Gasteiger partial charge >= 0.3 is 5.97 Å². The monoisotopic (exact) mass is 381 g/mol. The summed E-state index contributed by atoms with van der Waals surface area (Å²) < 4.78 is 6.74. The molecular formula is C20H19N3O5. The first-order valence-electron chi connectivity index (χ1n) is 8.90. The third-order valence-electron chi connectivity index (χ3n) is 4.28. The lowest BCUT2D eigenvalue weighted by Gasteiger charge is -2.04. The van der Waals surface area contributed by atoms with E-state index < -0.39 is 4.92 Å². The van der Waals surface area contributed by atoms with E-state index in [1.807, 2.05) is 4.57 Å². The van der Waals surface area contributed by atoms with Crippen LogP contribution in [-0.4, -0.2) is 32.8 Å². The number of esters is 1. The number of aryl methyl sites for hydroxylation is 1. The Kier molecular flexibility index (Phi) is 5.78. The van der Waals surface area contributed by atoms with Gasteiger partial charge in [-0.1, -0.05) is 12.1 Å². The summed E-state index contributed by atoms with van der Waals surface area (Å²) in [5, 5.41) is 11.7. The number of ether oxygens (including phenoxy) is 1. The lowest BCUT2D eigenvalue weighted by molar-refractivity contribution is -0.384. The van der Waals surface area contributed by atoms with E-state index in [2.05, 4.69) is 4.98 Å². The molecule has 2 heterocycles. The molecule has 8 heteroatoms. The van der Waals surface area contributed by atoms with E-state index in [1.54, 1.807) is 37.5 Å². The second-order valence-electron chi connectivity index (χ2n) is 6.16. The molecule has 0 fully saturated rings. The number of carbonyl (C=O) groups is 2. The molecule has 8 nitrogen and oxygen atoms in total. The number of benzene rings is 1. The zero-order valence-corrected chi connectivity index (χ0v) is 15.3. The summed E-state index contributed by atoms with van der Waals surface area (Å²) in [6.45, 7) is 2.59. The van der Waals surface area contributed by atoms with Gasteiger partial charge in [0, 0.05) is 54.0 Å². The molecule has 3 aromatic rings. The Labute approximate surface area is 160 Å². The van der Waals surface area contributed by atoms with Crippen molar-refractivity contribution in [1.29, 1.82) is 0 Å². The van der Waals surface area contributed by atoms with Crippen LogP contribution in [-0.2, 0) is 16.1 Å². The van der Waals surface area contributed by atoms with Gasteiger partial charge in [-0.25, -0.2) is 4.98 Å². The van der Waals surface area contributed by atoms with Crippen molar-refractivity contribution in [3.05, 3.63) is 70.0 Å². The number of aromatic nitrogens is 2. The van der Waals surface area contributed by atoms with Gasteiger partial charge in [0.15, 0.2) is 5.78 Å². The highest BCUT2D eigenvalue weighted by Crippen LogP contribution is 2.24. The van der Waals surface area contributed by atoms with Crippen LogP contribution in [0.1, 0.15) is 35.7 Å². The molecule has 0 unspecified atom stereocenters. The number of nitrogens with zero attached hydrogens (tertiary/aromatic N) is 3. The highest BCUT2D eigenvalue weighted by Gasteiger charge is 2.19. The van der Waals surface area contributed by atoms with Crippen LogP contribution < -0.4 is 0 Å². The van der Waals surface area contributed by atoms with Crippen molar-refractivity contribution in [3.8, 4) is 0 Å². The summed E-state index contributed by atoms with van der Waals surface area (Å²) in [5.41, 5.74) is 1.14. The number of carbonyl (C=O) groups excluding carboxylic acids is 2. The lowest BCUT2D eigenvalue weighted by atomic mass is 10.0. The second-order valence-corrected chi connectivity index (χ2v) is 6.16. The minimum atomic E-state index is -0.531. The van der Waals surface area contributed by atoms with Gasteiger partial charge in [-0.15, -0.1) is 0 Å². The average Bonchev–Trinajstić information content (AvgIpc) is 3.06. The van der Waals surface area contributed by atoms with Gasteiger partial charge < -0.3 is 9.30 Å². The Morgan fingerprint density at radius 1 is 1.25 bits per heavy atom. The van der Waals surface area contributed by atoms with Crippen molar-refractivity contribution in [2.45, 2.75) is 26.3 Å². The van der Waals surface area contributed by atoms with Crippen LogP contribution in [0.2, 0.25) is 0 Å². The molecule has 0 bridgehead atoms. The normalized spacial score (nSPS) is 10.8. The summed E-state index contributed by atoms with van der Waals surface area (Å²) in [7, 11) is 0. The molecule has 2 aromatic heterocycles. The molecule has 0 saturated heterocycles. The molecule has 0 aliphatic carbocycles. The summed E-state index contributed by atoms with van der Waals surface area (Å²) >= 11 is 0. The van der Waals surface area contributed by atoms with Gasteiger partial charge in [0.1, 0.15) is 5.65 Å². The topological polar surface area (TPSA) is 104 Å². The summed E-state index contributed by atoms with van der Waals surface area (Å²) in [6.07, 6.45) is 4.13. The highest BCUT2D eigenvalue weighted by molar-refractivity contribution is 6.16. The predicted octanol–water partition coefficient (Wildman–Crippen LogP) is 3.52. The van der Waals surface area contributed by atoms with E-state index in [-0.39, 0.29) is 29.4 Å². The Bertz CT molecular complexity index is 1040. The van der Waals surface area contributed by atoms with Crippen LogP contribution in [0.15, 0.2) is 48.8 Å². The minimum Gasteiger partial charge on any atom is -0.466 e. The van der Waals surface area contributed by atoms with E-state index in [4.69, 9.17) is 4.74 Å². The van der Waals surface area contributed by atoms with Crippen LogP contribution in [0.3, 0.4) is 0 Å². The van der Waals surface area contributed by atoms with E-state index in [1.165, 1.54) is 18.2 Å². The maximum absolute atomic E-state index is 13.0. The number of pyridine rings is 1. The molecule has 1 aromatic carbocycles. The number of rotatable bonds is 8. The molecule has 28 heavy (non-hydrogen) atoms. The van der Waals surface area contributed by atoms with Crippen LogP contribution in [0, 0.1) is 10.1 Å². The van der Waals surface area contributed by atoms with Crippen molar-refractivity contribution in [1.82, 2.24) is 9.55 Å². The van der Waals surface area contributed by atoms with E-state index in [9.17, 15) is 19.7 Å². The summed E-state index contributed by atoms with van der Waals surface area (Å²) in [5.74, 6) is -0.578. The fourth-order valence-corrected chi connectivity index (χ4v) is 3.02. The number of nitro groups is 1. The molecule has 144 valence electrons. The quantitative estimate of drug-likeness (QED) is 0.256.